The van der Waals surface area contributed by atoms with Gasteiger partial charge in [-0.05, 0) is 57.6 Å². The summed E-state index contributed by atoms with van der Waals surface area (Å²) in [5.74, 6) is 0.802. The lowest BCUT2D eigenvalue weighted by Crippen LogP contribution is -2.03. The molecule has 0 aliphatic carbocycles. The van der Waals surface area contributed by atoms with Crippen molar-refractivity contribution in [2.24, 2.45) is 0 Å². The smallest absolute Gasteiger partial charge is 0.204 e. The molecule has 0 bridgehead atoms. The number of rotatable bonds is 4. The third-order valence-electron chi connectivity index (χ3n) is 2.75. The van der Waals surface area contributed by atoms with E-state index >= 15 is 0 Å². The molecule has 0 saturated heterocycles. The van der Waals surface area contributed by atoms with Crippen molar-refractivity contribution in [2.75, 3.05) is 7.11 Å². The van der Waals surface area contributed by atoms with Crippen molar-refractivity contribution in [2.45, 2.75) is 13.3 Å². The third kappa shape index (κ3) is 2.49. The maximum atomic E-state index is 12.4. The van der Waals surface area contributed by atoms with Gasteiger partial charge in [0, 0.05) is 10.0 Å². The maximum absolute atomic E-state index is 12.4. The standard InChI is InChI=1S/C14H13BrO2S/c1-3-9-6-7-18-14(9)13(16)11-5-4-10(17-2)8-12(11)15/h4-8H,3H2,1-2H3. The predicted molar refractivity (Wildman–Crippen MR) is 77.8 cm³/mol. The summed E-state index contributed by atoms with van der Waals surface area (Å²) >= 11 is 4.92. The van der Waals surface area contributed by atoms with Gasteiger partial charge in [0.1, 0.15) is 5.75 Å². The van der Waals surface area contributed by atoms with Crippen LogP contribution < -0.4 is 4.74 Å². The van der Waals surface area contributed by atoms with Crippen molar-refractivity contribution >= 4 is 33.0 Å². The minimum atomic E-state index is 0.0661. The molecule has 0 saturated carbocycles. The Balaban J connectivity index is 2.40. The molecule has 2 aromatic rings. The summed E-state index contributed by atoms with van der Waals surface area (Å²) in [4.78, 5) is 13.3. The zero-order chi connectivity index (χ0) is 13.1. The van der Waals surface area contributed by atoms with Crippen LogP contribution in [0.15, 0.2) is 34.1 Å². The summed E-state index contributed by atoms with van der Waals surface area (Å²) in [6.45, 7) is 2.06. The van der Waals surface area contributed by atoms with Crippen molar-refractivity contribution in [3.8, 4) is 5.75 Å². The Kier molecular flexibility index (Phi) is 4.19. The Hall–Kier alpha value is -1.13. The summed E-state index contributed by atoms with van der Waals surface area (Å²) in [6.07, 6.45) is 0.873. The molecule has 0 N–H and O–H groups in total. The van der Waals surface area contributed by atoms with Gasteiger partial charge in [-0.15, -0.1) is 11.3 Å². The van der Waals surface area contributed by atoms with Crippen LogP contribution in [0.25, 0.3) is 0 Å². The summed E-state index contributed by atoms with van der Waals surface area (Å²) in [6, 6.07) is 7.42. The maximum Gasteiger partial charge on any atom is 0.204 e. The number of hydrogen-bond donors (Lipinski definition) is 0. The lowest BCUT2D eigenvalue weighted by atomic mass is 10.1. The highest BCUT2D eigenvalue weighted by Gasteiger charge is 2.17. The normalized spacial score (nSPS) is 10.4. The third-order valence-corrected chi connectivity index (χ3v) is 4.37. The first-order valence-corrected chi connectivity index (χ1v) is 7.29. The van der Waals surface area contributed by atoms with E-state index in [0.717, 1.165) is 27.1 Å². The fourth-order valence-corrected chi connectivity index (χ4v) is 3.23. The molecule has 0 spiro atoms. The summed E-state index contributed by atoms with van der Waals surface area (Å²) in [5, 5.41) is 1.96. The molecule has 0 aliphatic heterocycles. The van der Waals surface area contributed by atoms with Gasteiger partial charge in [-0.3, -0.25) is 4.79 Å². The van der Waals surface area contributed by atoms with Gasteiger partial charge in [-0.25, -0.2) is 0 Å². The molecule has 0 amide bonds. The lowest BCUT2D eigenvalue weighted by Gasteiger charge is -2.06. The largest absolute Gasteiger partial charge is 0.497 e. The molecule has 94 valence electrons. The van der Waals surface area contributed by atoms with E-state index in [-0.39, 0.29) is 5.78 Å². The number of carbonyl (C=O) groups excluding carboxylic acids is 1. The number of thiophene rings is 1. The Morgan fingerprint density at radius 3 is 2.78 bits per heavy atom. The fourth-order valence-electron chi connectivity index (χ4n) is 1.74. The predicted octanol–water partition coefficient (Wildman–Crippen LogP) is 4.31. The Labute approximate surface area is 119 Å². The van der Waals surface area contributed by atoms with Crippen molar-refractivity contribution in [3.63, 3.8) is 0 Å². The van der Waals surface area contributed by atoms with Crippen LogP contribution in [0, 0.1) is 0 Å². The van der Waals surface area contributed by atoms with Crippen molar-refractivity contribution < 1.29 is 9.53 Å². The summed E-state index contributed by atoms with van der Waals surface area (Å²) in [7, 11) is 1.61. The van der Waals surface area contributed by atoms with E-state index in [2.05, 4.69) is 22.9 Å². The minimum Gasteiger partial charge on any atom is -0.497 e. The number of benzene rings is 1. The number of aryl methyl sites for hydroxylation is 1. The van der Waals surface area contributed by atoms with Crippen LogP contribution in [-0.4, -0.2) is 12.9 Å². The molecule has 2 rings (SSSR count). The van der Waals surface area contributed by atoms with Gasteiger partial charge in [0.25, 0.3) is 0 Å². The quantitative estimate of drug-likeness (QED) is 0.783. The van der Waals surface area contributed by atoms with Crippen LogP contribution in [0.2, 0.25) is 0 Å². The molecule has 0 fully saturated rings. The lowest BCUT2D eigenvalue weighted by molar-refractivity contribution is 0.104. The second-order valence-electron chi connectivity index (χ2n) is 3.80. The molecule has 2 nitrogen and oxygen atoms in total. The van der Waals surface area contributed by atoms with E-state index in [0.29, 0.717) is 5.56 Å². The molecule has 18 heavy (non-hydrogen) atoms. The number of ketones is 1. The molecular formula is C14H13BrO2S. The first kappa shape index (κ1) is 13.3. The number of carbonyl (C=O) groups is 1. The van der Waals surface area contributed by atoms with Gasteiger partial charge in [0.05, 0.1) is 12.0 Å². The van der Waals surface area contributed by atoms with E-state index in [1.165, 1.54) is 11.3 Å². The second kappa shape index (κ2) is 5.67. The minimum absolute atomic E-state index is 0.0661. The Bertz CT molecular complexity index is 575. The number of ether oxygens (including phenoxy) is 1. The SMILES string of the molecule is CCc1ccsc1C(=O)c1ccc(OC)cc1Br. The van der Waals surface area contributed by atoms with E-state index in [1.807, 2.05) is 17.5 Å². The highest BCUT2D eigenvalue weighted by molar-refractivity contribution is 9.10. The molecule has 0 radical (unpaired) electrons. The van der Waals surface area contributed by atoms with Crippen LogP contribution in [0.1, 0.15) is 27.7 Å². The van der Waals surface area contributed by atoms with E-state index in [4.69, 9.17) is 4.74 Å². The zero-order valence-corrected chi connectivity index (χ0v) is 12.6. The molecule has 4 heteroatoms. The van der Waals surface area contributed by atoms with Crippen LogP contribution in [0.5, 0.6) is 5.75 Å². The highest BCUT2D eigenvalue weighted by Crippen LogP contribution is 2.28. The van der Waals surface area contributed by atoms with Crippen molar-refractivity contribution in [1.82, 2.24) is 0 Å². The van der Waals surface area contributed by atoms with Crippen molar-refractivity contribution in [1.29, 1.82) is 0 Å². The van der Waals surface area contributed by atoms with Gasteiger partial charge < -0.3 is 4.74 Å². The first-order valence-electron chi connectivity index (χ1n) is 5.62. The summed E-state index contributed by atoms with van der Waals surface area (Å²) < 4.78 is 5.89. The molecule has 1 aromatic heterocycles. The Morgan fingerprint density at radius 2 is 2.17 bits per heavy atom. The molecule has 1 aromatic carbocycles. The van der Waals surface area contributed by atoms with Gasteiger partial charge in [-0.2, -0.15) is 0 Å². The Morgan fingerprint density at radius 1 is 1.39 bits per heavy atom. The van der Waals surface area contributed by atoms with Crippen LogP contribution >= 0.6 is 27.3 Å². The second-order valence-corrected chi connectivity index (χ2v) is 5.57. The zero-order valence-electron chi connectivity index (χ0n) is 10.2. The van der Waals surface area contributed by atoms with Crippen LogP contribution in [0.3, 0.4) is 0 Å². The molecule has 0 atom stereocenters. The van der Waals surface area contributed by atoms with Gasteiger partial charge in [-0.1, -0.05) is 6.92 Å². The molecular weight excluding hydrogens is 312 g/mol. The first-order chi connectivity index (χ1) is 8.67. The number of hydrogen-bond acceptors (Lipinski definition) is 3. The van der Waals surface area contributed by atoms with E-state index < -0.39 is 0 Å². The molecule has 1 heterocycles. The molecule has 0 unspecified atom stereocenters. The average Bonchev–Trinajstić information content (AvgIpc) is 2.86. The van der Waals surface area contributed by atoms with Gasteiger partial charge in [0.2, 0.25) is 5.78 Å². The number of methoxy groups -OCH3 is 1. The fraction of sp³-hybridized carbons (Fsp3) is 0.214. The van der Waals surface area contributed by atoms with Crippen LogP contribution in [0.4, 0.5) is 0 Å². The monoisotopic (exact) mass is 324 g/mol. The van der Waals surface area contributed by atoms with E-state index in [9.17, 15) is 4.79 Å². The highest BCUT2D eigenvalue weighted by atomic mass is 79.9. The average molecular weight is 325 g/mol. The van der Waals surface area contributed by atoms with Crippen molar-refractivity contribution in [3.05, 3.63) is 50.1 Å². The molecule has 0 aliphatic rings. The topological polar surface area (TPSA) is 26.3 Å². The summed E-state index contributed by atoms with van der Waals surface area (Å²) in [5.41, 5.74) is 1.78. The number of halogens is 1. The van der Waals surface area contributed by atoms with Crippen LogP contribution in [-0.2, 0) is 6.42 Å². The van der Waals surface area contributed by atoms with E-state index in [1.54, 1.807) is 19.2 Å². The van der Waals surface area contributed by atoms with Gasteiger partial charge in [0.15, 0.2) is 0 Å². The van der Waals surface area contributed by atoms with Gasteiger partial charge >= 0.3 is 0 Å².